The summed E-state index contributed by atoms with van der Waals surface area (Å²) in [4.78, 5) is 16.5. The van der Waals surface area contributed by atoms with Gasteiger partial charge in [0.1, 0.15) is 5.75 Å². The summed E-state index contributed by atoms with van der Waals surface area (Å²) in [5, 5.41) is 6.61. The number of aromatic nitrogens is 2. The Morgan fingerprint density at radius 2 is 1.79 bits per heavy atom. The largest absolute Gasteiger partial charge is 0.497 e. The van der Waals surface area contributed by atoms with Crippen LogP contribution in [0, 0.1) is 0 Å². The summed E-state index contributed by atoms with van der Waals surface area (Å²) in [6.07, 6.45) is 1.38. The monoisotopic (exact) mass is 416 g/mol. The van der Waals surface area contributed by atoms with Gasteiger partial charge in [-0.1, -0.05) is 17.3 Å². The van der Waals surface area contributed by atoms with E-state index in [-0.39, 0.29) is 18.7 Å². The molecule has 152 valence electrons. The molecule has 0 aliphatic carbocycles. The van der Waals surface area contributed by atoms with Gasteiger partial charge in [-0.25, -0.2) is 8.42 Å². The molecule has 3 rings (SSSR count). The number of amides is 1. The van der Waals surface area contributed by atoms with Crippen molar-refractivity contribution in [1.29, 1.82) is 0 Å². The molecule has 0 bridgehead atoms. The fraction of sp³-hybridized carbons (Fsp3) is 0.211. The molecule has 29 heavy (non-hydrogen) atoms. The summed E-state index contributed by atoms with van der Waals surface area (Å²) in [6, 6.07) is 13.7. The van der Waals surface area contributed by atoms with Crippen LogP contribution in [0.2, 0.25) is 0 Å². The smallest absolute Gasteiger partial charge is 0.229 e. The number of ether oxygens (including phenoxy) is 1. The van der Waals surface area contributed by atoms with Crippen molar-refractivity contribution >= 4 is 27.3 Å². The molecule has 0 atom stereocenters. The summed E-state index contributed by atoms with van der Waals surface area (Å²) >= 11 is 0. The van der Waals surface area contributed by atoms with Gasteiger partial charge in [0, 0.05) is 18.4 Å². The van der Waals surface area contributed by atoms with Crippen LogP contribution in [-0.2, 0) is 21.2 Å². The third kappa shape index (κ3) is 5.79. The average Bonchev–Trinajstić information content (AvgIpc) is 3.16. The van der Waals surface area contributed by atoms with E-state index in [9.17, 15) is 13.2 Å². The van der Waals surface area contributed by atoms with Crippen LogP contribution in [0.4, 0.5) is 11.4 Å². The van der Waals surface area contributed by atoms with Gasteiger partial charge in [0.25, 0.3) is 0 Å². The molecule has 0 saturated carbocycles. The van der Waals surface area contributed by atoms with Gasteiger partial charge in [-0.05, 0) is 36.4 Å². The quantitative estimate of drug-likeness (QED) is 0.578. The first-order valence-corrected chi connectivity index (χ1v) is 10.6. The van der Waals surface area contributed by atoms with Crippen molar-refractivity contribution in [1.82, 2.24) is 10.1 Å². The predicted molar refractivity (Wildman–Crippen MR) is 108 cm³/mol. The molecule has 0 unspecified atom stereocenters. The number of sulfonamides is 1. The van der Waals surface area contributed by atoms with Crippen molar-refractivity contribution in [3.63, 3.8) is 0 Å². The number of para-hydroxylation sites is 2. The van der Waals surface area contributed by atoms with Crippen molar-refractivity contribution < 1.29 is 22.5 Å². The van der Waals surface area contributed by atoms with Crippen molar-refractivity contribution in [3.05, 3.63) is 54.4 Å². The van der Waals surface area contributed by atoms with Gasteiger partial charge >= 0.3 is 0 Å². The van der Waals surface area contributed by atoms with Crippen molar-refractivity contribution in [2.75, 3.05) is 23.4 Å². The number of rotatable bonds is 8. The van der Waals surface area contributed by atoms with Gasteiger partial charge in [-0.2, -0.15) is 4.98 Å². The summed E-state index contributed by atoms with van der Waals surface area (Å²) in [6.45, 7) is 0. The van der Waals surface area contributed by atoms with Crippen LogP contribution >= 0.6 is 0 Å². The number of aryl methyl sites for hydroxylation is 1. The van der Waals surface area contributed by atoms with Crippen LogP contribution in [0.1, 0.15) is 12.3 Å². The Kier molecular flexibility index (Phi) is 6.13. The third-order valence-corrected chi connectivity index (χ3v) is 4.47. The molecule has 9 nitrogen and oxygen atoms in total. The van der Waals surface area contributed by atoms with E-state index < -0.39 is 10.0 Å². The third-order valence-electron chi connectivity index (χ3n) is 3.88. The minimum atomic E-state index is -3.46. The molecule has 3 aromatic rings. The zero-order valence-corrected chi connectivity index (χ0v) is 16.7. The second kappa shape index (κ2) is 8.74. The van der Waals surface area contributed by atoms with E-state index in [0.29, 0.717) is 23.1 Å². The van der Waals surface area contributed by atoms with Crippen LogP contribution < -0.4 is 14.8 Å². The van der Waals surface area contributed by atoms with E-state index >= 15 is 0 Å². The Morgan fingerprint density at radius 3 is 2.45 bits per heavy atom. The molecule has 1 heterocycles. The maximum atomic E-state index is 12.3. The van der Waals surface area contributed by atoms with Gasteiger partial charge in [0.05, 0.1) is 24.7 Å². The summed E-state index contributed by atoms with van der Waals surface area (Å²) in [5.74, 6) is 1.16. The molecule has 1 amide bonds. The Hall–Kier alpha value is -3.40. The van der Waals surface area contributed by atoms with Gasteiger partial charge in [-0.3, -0.25) is 9.52 Å². The van der Waals surface area contributed by atoms with Gasteiger partial charge in [0.15, 0.2) is 0 Å². The van der Waals surface area contributed by atoms with E-state index in [4.69, 9.17) is 9.26 Å². The zero-order chi connectivity index (χ0) is 20.9. The highest BCUT2D eigenvalue weighted by atomic mass is 32.2. The van der Waals surface area contributed by atoms with Gasteiger partial charge in [-0.15, -0.1) is 0 Å². The minimum Gasteiger partial charge on any atom is -0.497 e. The fourth-order valence-electron chi connectivity index (χ4n) is 2.53. The van der Waals surface area contributed by atoms with Crippen molar-refractivity contribution in [3.8, 4) is 17.1 Å². The zero-order valence-electron chi connectivity index (χ0n) is 15.9. The molecule has 0 radical (unpaired) electrons. The first kappa shape index (κ1) is 20.3. The van der Waals surface area contributed by atoms with Crippen molar-refractivity contribution in [2.24, 2.45) is 0 Å². The molecule has 0 spiro atoms. The Labute approximate surface area is 168 Å². The summed E-state index contributed by atoms with van der Waals surface area (Å²) in [5.41, 5.74) is 1.43. The molecule has 0 fully saturated rings. The normalized spacial score (nSPS) is 11.1. The lowest BCUT2D eigenvalue weighted by Gasteiger charge is -2.11. The van der Waals surface area contributed by atoms with E-state index in [1.54, 1.807) is 43.5 Å². The highest BCUT2D eigenvalue weighted by molar-refractivity contribution is 7.92. The fourth-order valence-corrected chi connectivity index (χ4v) is 3.11. The van der Waals surface area contributed by atoms with Gasteiger partial charge < -0.3 is 14.6 Å². The van der Waals surface area contributed by atoms with E-state index in [1.165, 1.54) is 0 Å². The Bertz CT molecular complexity index is 1090. The van der Waals surface area contributed by atoms with Crippen LogP contribution in [0.15, 0.2) is 53.1 Å². The van der Waals surface area contributed by atoms with Crippen LogP contribution in [0.3, 0.4) is 0 Å². The molecule has 10 heteroatoms. The van der Waals surface area contributed by atoms with Crippen molar-refractivity contribution in [2.45, 2.75) is 12.8 Å². The number of nitrogens with one attached hydrogen (secondary N) is 2. The topological polar surface area (TPSA) is 123 Å². The number of nitrogens with zero attached hydrogens (tertiary/aromatic N) is 2. The number of carbonyl (C=O) groups excluding carboxylic acids is 1. The number of anilines is 2. The maximum Gasteiger partial charge on any atom is 0.229 e. The van der Waals surface area contributed by atoms with E-state index in [0.717, 1.165) is 17.6 Å². The average molecular weight is 416 g/mol. The first-order chi connectivity index (χ1) is 13.8. The Balaban J connectivity index is 1.60. The summed E-state index contributed by atoms with van der Waals surface area (Å²) in [7, 11) is -1.88. The van der Waals surface area contributed by atoms with Gasteiger partial charge in [0.2, 0.25) is 27.6 Å². The molecule has 0 aliphatic rings. The molecular weight excluding hydrogens is 396 g/mol. The van der Waals surface area contributed by atoms with Crippen LogP contribution in [-0.4, -0.2) is 37.8 Å². The van der Waals surface area contributed by atoms with E-state index in [1.807, 2.05) is 12.1 Å². The first-order valence-electron chi connectivity index (χ1n) is 8.68. The number of carbonyl (C=O) groups is 1. The maximum absolute atomic E-state index is 12.3. The number of benzene rings is 2. The SMILES string of the molecule is COc1ccc(-c2noc(CCC(=O)Nc3ccccc3NS(C)(=O)=O)n2)cc1. The lowest BCUT2D eigenvalue weighted by atomic mass is 10.2. The van der Waals surface area contributed by atoms with Crippen LogP contribution in [0.25, 0.3) is 11.4 Å². The number of hydrogen-bond donors (Lipinski definition) is 2. The lowest BCUT2D eigenvalue weighted by Crippen LogP contribution is -2.16. The lowest BCUT2D eigenvalue weighted by molar-refractivity contribution is -0.116. The van der Waals surface area contributed by atoms with E-state index in [2.05, 4.69) is 20.2 Å². The molecular formula is C19H20N4O5S. The standard InChI is InChI=1S/C19H20N4O5S/c1-27-14-9-7-13(8-10-14)19-21-18(28-22-19)12-11-17(24)20-15-5-3-4-6-16(15)23-29(2,25)26/h3-10,23H,11-12H2,1-2H3,(H,20,24). The summed E-state index contributed by atoms with van der Waals surface area (Å²) < 4.78 is 35.6. The molecule has 2 N–H and O–H groups in total. The Morgan fingerprint density at radius 1 is 1.10 bits per heavy atom. The number of hydrogen-bond acceptors (Lipinski definition) is 7. The number of methoxy groups -OCH3 is 1. The molecule has 0 aliphatic heterocycles. The second-order valence-corrected chi connectivity index (χ2v) is 7.96. The minimum absolute atomic E-state index is 0.0947. The predicted octanol–water partition coefficient (Wildman–Crippen LogP) is 2.69. The molecule has 2 aromatic carbocycles. The second-order valence-electron chi connectivity index (χ2n) is 6.21. The van der Waals surface area contributed by atoms with Crippen LogP contribution in [0.5, 0.6) is 5.75 Å². The molecule has 0 saturated heterocycles. The highest BCUT2D eigenvalue weighted by Crippen LogP contribution is 2.23. The highest BCUT2D eigenvalue weighted by Gasteiger charge is 2.13. The molecule has 1 aromatic heterocycles.